The van der Waals surface area contributed by atoms with Crippen LogP contribution in [0, 0.1) is 11.2 Å². The molecule has 2 N–H and O–H groups in total. The van der Waals surface area contributed by atoms with Crippen molar-refractivity contribution in [2.45, 2.75) is 27.4 Å². The van der Waals surface area contributed by atoms with Gasteiger partial charge >= 0.3 is 0 Å². The van der Waals surface area contributed by atoms with Gasteiger partial charge in [-0.25, -0.2) is 4.39 Å². The zero-order valence-corrected chi connectivity index (χ0v) is 9.67. The monoisotopic (exact) mass is 225 g/mol. The molecule has 88 valence electrons. The highest BCUT2D eigenvalue weighted by molar-refractivity contribution is 5.95. The van der Waals surface area contributed by atoms with E-state index in [0.717, 1.165) is 0 Å². The summed E-state index contributed by atoms with van der Waals surface area (Å²) in [5.74, 6) is -0.734. The maximum atomic E-state index is 13.3. The average molecular weight is 225 g/mol. The van der Waals surface area contributed by atoms with Crippen LogP contribution in [-0.2, 0) is 11.4 Å². The lowest BCUT2D eigenvalue weighted by atomic mass is 9.95. The number of amides is 1. The molecule has 0 atom stereocenters. The van der Waals surface area contributed by atoms with Crippen LogP contribution in [0.5, 0.6) is 0 Å². The van der Waals surface area contributed by atoms with E-state index < -0.39 is 17.8 Å². The lowest BCUT2D eigenvalue weighted by Crippen LogP contribution is -2.28. The minimum Gasteiger partial charge on any atom is -0.391 e. The number of anilines is 1. The standard InChI is InChI=1S/C12H16FNO2/c1-12(2,3)11(16)14-10-6-4-5-9(13)8(10)7-15/h4-6,15H,7H2,1-3H3,(H,14,16). The van der Waals surface area contributed by atoms with Crippen LogP contribution in [0.2, 0.25) is 0 Å². The fraction of sp³-hybridized carbons (Fsp3) is 0.417. The first-order valence-corrected chi connectivity index (χ1v) is 5.06. The molecule has 0 bridgehead atoms. The Balaban J connectivity index is 2.98. The first-order chi connectivity index (χ1) is 7.36. The van der Waals surface area contributed by atoms with Crippen LogP contribution in [0.3, 0.4) is 0 Å². The van der Waals surface area contributed by atoms with Gasteiger partial charge in [0, 0.05) is 16.7 Å². The Kier molecular flexibility index (Phi) is 3.65. The van der Waals surface area contributed by atoms with E-state index in [9.17, 15) is 9.18 Å². The number of benzene rings is 1. The molecule has 3 nitrogen and oxygen atoms in total. The Labute approximate surface area is 94.3 Å². The summed E-state index contributed by atoms with van der Waals surface area (Å²) in [7, 11) is 0. The Morgan fingerprint density at radius 1 is 1.44 bits per heavy atom. The molecule has 1 aromatic carbocycles. The zero-order valence-electron chi connectivity index (χ0n) is 9.67. The fourth-order valence-corrected chi connectivity index (χ4v) is 1.15. The molecular weight excluding hydrogens is 209 g/mol. The maximum Gasteiger partial charge on any atom is 0.229 e. The lowest BCUT2D eigenvalue weighted by molar-refractivity contribution is -0.123. The van der Waals surface area contributed by atoms with Crippen LogP contribution in [0.4, 0.5) is 10.1 Å². The Morgan fingerprint density at radius 2 is 2.06 bits per heavy atom. The van der Waals surface area contributed by atoms with E-state index in [1.54, 1.807) is 26.8 Å². The van der Waals surface area contributed by atoms with Crippen molar-refractivity contribution in [3.63, 3.8) is 0 Å². The molecule has 0 aliphatic carbocycles. The molecule has 0 spiro atoms. The highest BCUT2D eigenvalue weighted by atomic mass is 19.1. The number of halogens is 1. The van der Waals surface area contributed by atoms with Crippen molar-refractivity contribution < 1.29 is 14.3 Å². The summed E-state index contributed by atoms with van der Waals surface area (Å²) in [5.41, 5.74) is -0.124. The molecule has 0 saturated carbocycles. The number of aliphatic hydroxyl groups is 1. The largest absolute Gasteiger partial charge is 0.391 e. The summed E-state index contributed by atoms with van der Waals surface area (Å²) in [4.78, 5) is 11.7. The van der Waals surface area contributed by atoms with Crippen molar-refractivity contribution in [2.75, 3.05) is 5.32 Å². The second kappa shape index (κ2) is 4.61. The van der Waals surface area contributed by atoms with E-state index in [-0.39, 0.29) is 11.5 Å². The number of carbonyl (C=O) groups excluding carboxylic acids is 1. The smallest absolute Gasteiger partial charge is 0.229 e. The van der Waals surface area contributed by atoms with E-state index in [1.807, 2.05) is 0 Å². The second-order valence-electron chi connectivity index (χ2n) is 4.63. The number of nitrogens with one attached hydrogen (secondary N) is 1. The van der Waals surface area contributed by atoms with Crippen LogP contribution in [0.1, 0.15) is 26.3 Å². The Bertz CT molecular complexity index is 396. The Morgan fingerprint density at radius 3 is 2.56 bits per heavy atom. The third-order valence-electron chi connectivity index (χ3n) is 2.21. The lowest BCUT2D eigenvalue weighted by Gasteiger charge is -2.19. The van der Waals surface area contributed by atoms with Gasteiger partial charge in [-0.15, -0.1) is 0 Å². The summed E-state index contributed by atoms with van der Waals surface area (Å²) in [5, 5.41) is 11.6. The third-order valence-corrected chi connectivity index (χ3v) is 2.21. The van der Waals surface area contributed by atoms with Crippen LogP contribution in [-0.4, -0.2) is 11.0 Å². The molecule has 0 unspecified atom stereocenters. The molecule has 0 heterocycles. The van der Waals surface area contributed by atoms with Crippen molar-refractivity contribution in [2.24, 2.45) is 5.41 Å². The number of hydrogen-bond acceptors (Lipinski definition) is 2. The van der Waals surface area contributed by atoms with Gasteiger partial charge in [0.15, 0.2) is 0 Å². The van der Waals surface area contributed by atoms with Crippen LogP contribution in [0.15, 0.2) is 18.2 Å². The normalized spacial score (nSPS) is 11.3. The van der Waals surface area contributed by atoms with Crippen LogP contribution in [0.25, 0.3) is 0 Å². The molecule has 0 aliphatic rings. The van der Waals surface area contributed by atoms with Gasteiger partial charge in [0.2, 0.25) is 5.91 Å². The van der Waals surface area contributed by atoms with Gasteiger partial charge in [-0.3, -0.25) is 4.79 Å². The molecular formula is C12H16FNO2. The van der Waals surface area contributed by atoms with E-state index >= 15 is 0 Å². The SMILES string of the molecule is CC(C)(C)C(=O)Nc1cccc(F)c1CO. The number of aliphatic hydroxyl groups excluding tert-OH is 1. The van der Waals surface area contributed by atoms with E-state index in [2.05, 4.69) is 5.32 Å². The van der Waals surface area contributed by atoms with Gasteiger partial charge < -0.3 is 10.4 Å². The van der Waals surface area contributed by atoms with Gasteiger partial charge in [0.05, 0.1) is 6.61 Å². The second-order valence-corrected chi connectivity index (χ2v) is 4.63. The molecule has 1 rings (SSSR count). The van der Waals surface area contributed by atoms with E-state index in [0.29, 0.717) is 5.69 Å². The van der Waals surface area contributed by atoms with Crippen molar-refractivity contribution in [3.05, 3.63) is 29.6 Å². The predicted octanol–water partition coefficient (Wildman–Crippen LogP) is 2.30. The summed E-state index contributed by atoms with van der Waals surface area (Å²) in [6.45, 7) is 4.85. The molecule has 0 radical (unpaired) electrons. The summed E-state index contributed by atoms with van der Waals surface area (Å²) in [6.07, 6.45) is 0. The average Bonchev–Trinajstić information content (AvgIpc) is 2.16. The first-order valence-electron chi connectivity index (χ1n) is 5.06. The van der Waals surface area contributed by atoms with Crippen LogP contribution < -0.4 is 5.32 Å². The van der Waals surface area contributed by atoms with Gasteiger partial charge in [-0.2, -0.15) is 0 Å². The fourth-order valence-electron chi connectivity index (χ4n) is 1.15. The summed E-state index contributed by atoms with van der Waals surface area (Å²) in [6, 6.07) is 4.31. The number of carbonyl (C=O) groups is 1. The highest BCUT2D eigenvalue weighted by Crippen LogP contribution is 2.22. The quantitative estimate of drug-likeness (QED) is 0.811. The van der Waals surface area contributed by atoms with E-state index in [4.69, 9.17) is 5.11 Å². The minimum absolute atomic E-state index is 0.111. The molecule has 0 saturated heterocycles. The molecule has 0 aliphatic heterocycles. The zero-order chi connectivity index (χ0) is 12.3. The summed E-state index contributed by atoms with van der Waals surface area (Å²) < 4.78 is 13.3. The minimum atomic E-state index is -0.557. The molecule has 1 aromatic rings. The molecule has 4 heteroatoms. The predicted molar refractivity (Wildman–Crippen MR) is 60.4 cm³/mol. The third kappa shape index (κ3) is 2.79. The van der Waals surface area contributed by atoms with Gasteiger partial charge in [-0.05, 0) is 12.1 Å². The first kappa shape index (κ1) is 12.6. The topological polar surface area (TPSA) is 49.3 Å². The van der Waals surface area contributed by atoms with Crippen molar-refractivity contribution in [1.82, 2.24) is 0 Å². The van der Waals surface area contributed by atoms with Gasteiger partial charge in [0.1, 0.15) is 5.82 Å². The van der Waals surface area contributed by atoms with Crippen molar-refractivity contribution in [3.8, 4) is 0 Å². The molecule has 1 amide bonds. The maximum absolute atomic E-state index is 13.3. The molecule has 16 heavy (non-hydrogen) atoms. The van der Waals surface area contributed by atoms with E-state index in [1.165, 1.54) is 12.1 Å². The summed E-state index contributed by atoms with van der Waals surface area (Å²) >= 11 is 0. The van der Waals surface area contributed by atoms with Gasteiger partial charge in [0.25, 0.3) is 0 Å². The van der Waals surface area contributed by atoms with Crippen LogP contribution >= 0.6 is 0 Å². The molecule has 0 aromatic heterocycles. The number of hydrogen-bond donors (Lipinski definition) is 2. The van der Waals surface area contributed by atoms with Crippen molar-refractivity contribution in [1.29, 1.82) is 0 Å². The van der Waals surface area contributed by atoms with Gasteiger partial charge in [-0.1, -0.05) is 26.8 Å². The highest BCUT2D eigenvalue weighted by Gasteiger charge is 2.22. The van der Waals surface area contributed by atoms with Crippen molar-refractivity contribution >= 4 is 11.6 Å². The molecule has 0 fully saturated rings. The Hall–Kier alpha value is -1.42. The number of rotatable bonds is 2.